The molecule has 0 unspecified atom stereocenters. The number of hydrogen-bond acceptors (Lipinski definition) is 3. The van der Waals surface area contributed by atoms with Crippen LogP contribution in [-0.2, 0) is 17.9 Å². The molecule has 0 radical (unpaired) electrons. The molecule has 1 aromatic heterocycles. The maximum absolute atomic E-state index is 11.7. The molecule has 2 rings (SSSR count). The Hall–Kier alpha value is -1.17. The molecule has 0 saturated carbocycles. The molecule has 1 aromatic carbocycles. The number of amides is 1. The van der Waals surface area contributed by atoms with Gasteiger partial charge in [-0.2, -0.15) is 0 Å². The van der Waals surface area contributed by atoms with E-state index in [1.807, 2.05) is 50.2 Å². The summed E-state index contributed by atoms with van der Waals surface area (Å²) in [5.74, 6) is 0.0150. The number of halogens is 1. The fourth-order valence-corrected chi connectivity index (χ4v) is 3.17. The minimum atomic E-state index is 0.0150. The molecular formula is C17H23BrN2OS. The number of carbonyl (C=O) groups is 1. The Morgan fingerprint density at radius 3 is 2.36 bits per heavy atom. The first-order valence-electron chi connectivity index (χ1n) is 7.40. The summed E-state index contributed by atoms with van der Waals surface area (Å²) < 4.78 is 1.11. The molecule has 3 nitrogen and oxygen atoms in total. The van der Waals surface area contributed by atoms with Crippen molar-refractivity contribution in [3.63, 3.8) is 0 Å². The number of aryl methyl sites for hydroxylation is 1. The van der Waals surface area contributed by atoms with Gasteiger partial charge < -0.3 is 10.6 Å². The molecule has 0 aliphatic rings. The van der Waals surface area contributed by atoms with E-state index in [0.717, 1.165) is 9.35 Å². The van der Waals surface area contributed by atoms with Crippen LogP contribution in [-0.4, -0.2) is 12.5 Å². The standard InChI is InChI=1S/C15H17BrN2OS.C2H6/c1-11-2-4-12(5-3-11)8-18-15(19)10-17-9-13-6-7-14(16)20-13;1-2/h2-7,17H,8-10H2,1H3,(H,18,19);1-2H3. The molecule has 0 saturated heterocycles. The van der Waals surface area contributed by atoms with E-state index < -0.39 is 0 Å². The summed E-state index contributed by atoms with van der Waals surface area (Å²) in [5, 5.41) is 6.04. The summed E-state index contributed by atoms with van der Waals surface area (Å²) >= 11 is 5.09. The Morgan fingerprint density at radius 2 is 1.77 bits per heavy atom. The average Bonchev–Trinajstić information content (AvgIpc) is 2.94. The van der Waals surface area contributed by atoms with Crippen molar-refractivity contribution in [1.29, 1.82) is 0 Å². The molecule has 0 spiro atoms. The van der Waals surface area contributed by atoms with Crippen LogP contribution < -0.4 is 10.6 Å². The average molecular weight is 383 g/mol. The predicted molar refractivity (Wildman–Crippen MR) is 98.1 cm³/mol. The summed E-state index contributed by atoms with van der Waals surface area (Å²) in [6, 6.07) is 12.2. The van der Waals surface area contributed by atoms with E-state index in [9.17, 15) is 4.79 Å². The molecule has 5 heteroatoms. The summed E-state index contributed by atoms with van der Waals surface area (Å²) in [6.45, 7) is 7.68. The number of thiophene rings is 1. The normalized spacial score (nSPS) is 9.82. The van der Waals surface area contributed by atoms with E-state index in [1.165, 1.54) is 10.4 Å². The fourth-order valence-electron chi connectivity index (χ4n) is 1.72. The van der Waals surface area contributed by atoms with Crippen LogP contribution in [0, 0.1) is 6.92 Å². The molecule has 0 aliphatic heterocycles. The monoisotopic (exact) mass is 382 g/mol. The molecular weight excluding hydrogens is 360 g/mol. The first-order chi connectivity index (χ1) is 10.6. The van der Waals surface area contributed by atoms with E-state index in [4.69, 9.17) is 0 Å². The smallest absolute Gasteiger partial charge is 0.234 e. The van der Waals surface area contributed by atoms with E-state index in [2.05, 4.69) is 33.5 Å². The van der Waals surface area contributed by atoms with Gasteiger partial charge in [0.05, 0.1) is 10.3 Å². The van der Waals surface area contributed by atoms with Gasteiger partial charge in [-0.15, -0.1) is 11.3 Å². The SMILES string of the molecule is CC.Cc1ccc(CNC(=O)CNCc2ccc(Br)s2)cc1. The summed E-state index contributed by atoms with van der Waals surface area (Å²) in [5.41, 5.74) is 2.34. The first-order valence-corrected chi connectivity index (χ1v) is 9.01. The highest BCUT2D eigenvalue weighted by Gasteiger charge is 2.02. The molecule has 0 atom stereocenters. The van der Waals surface area contributed by atoms with Gasteiger partial charge in [-0.1, -0.05) is 43.7 Å². The van der Waals surface area contributed by atoms with Crippen molar-refractivity contribution < 1.29 is 4.79 Å². The lowest BCUT2D eigenvalue weighted by Crippen LogP contribution is -2.33. The molecule has 1 heterocycles. The molecule has 0 bridgehead atoms. The second kappa shape index (κ2) is 10.5. The number of carbonyl (C=O) groups excluding carboxylic acids is 1. The van der Waals surface area contributed by atoms with Crippen molar-refractivity contribution in [1.82, 2.24) is 10.6 Å². The molecule has 1 amide bonds. The van der Waals surface area contributed by atoms with E-state index in [1.54, 1.807) is 11.3 Å². The van der Waals surface area contributed by atoms with Gasteiger partial charge in [-0.3, -0.25) is 4.79 Å². The van der Waals surface area contributed by atoms with Crippen molar-refractivity contribution >= 4 is 33.2 Å². The van der Waals surface area contributed by atoms with Crippen LogP contribution in [0.15, 0.2) is 40.2 Å². The second-order valence-corrected chi connectivity index (χ2v) is 7.12. The van der Waals surface area contributed by atoms with E-state index in [0.29, 0.717) is 19.6 Å². The fraction of sp³-hybridized carbons (Fsp3) is 0.353. The Bertz CT molecular complexity index is 566. The number of nitrogens with one attached hydrogen (secondary N) is 2. The van der Waals surface area contributed by atoms with E-state index in [-0.39, 0.29) is 5.91 Å². The lowest BCUT2D eigenvalue weighted by Gasteiger charge is -2.06. The van der Waals surface area contributed by atoms with Gasteiger partial charge in [0.25, 0.3) is 0 Å². The Morgan fingerprint density at radius 1 is 1.09 bits per heavy atom. The summed E-state index contributed by atoms with van der Waals surface area (Å²) in [7, 11) is 0. The maximum Gasteiger partial charge on any atom is 0.234 e. The van der Waals surface area contributed by atoms with Crippen molar-refractivity contribution in [2.45, 2.75) is 33.9 Å². The second-order valence-electron chi connectivity index (χ2n) is 4.57. The van der Waals surface area contributed by atoms with Crippen LogP contribution in [0.25, 0.3) is 0 Å². The molecule has 0 aliphatic carbocycles. The third-order valence-electron chi connectivity index (χ3n) is 2.82. The summed E-state index contributed by atoms with van der Waals surface area (Å²) in [4.78, 5) is 12.9. The lowest BCUT2D eigenvalue weighted by atomic mass is 10.1. The zero-order valence-corrected chi connectivity index (χ0v) is 15.7. The van der Waals surface area contributed by atoms with Gasteiger partial charge in [0.2, 0.25) is 5.91 Å². The Balaban J connectivity index is 0.00000116. The van der Waals surface area contributed by atoms with Crippen molar-refractivity contribution in [3.05, 3.63) is 56.2 Å². The quantitative estimate of drug-likeness (QED) is 0.783. The number of benzene rings is 1. The van der Waals surface area contributed by atoms with Gasteiger partial charge in [-0.25, -0.2) is 0 Å². The molecule has 2 aromatic rings. The Kier molecular flexibility index (Phi) is 9.04. The summed E-state index contributed by atoms with van der Waals surface area (Å²) in [6.07, 6.45) is 0. The van der Waals surface area contributed by atoms with Crippen molar-refractivity contribution in [2.75, 3.05) is 6.54 Å². The first kappa shape index (κ1) is 18.9. The van der Waals surface area contributed by atoms with E-state index >= 15 is 0 Å². The Labute approximate surface area is 145 Å². The van der Waals surface area contributed by atoms with Crippen LogP contribution >= 0.6 is 27.3 Å². The number of rotatable bonds is 6. The highest BCUT2D eigenvalue weighted by atomic mass is 79.9. The predicted octanol–water partition coefficient (Wildman–Crippen LogP) is 4.25. The molecule has 2 N–H and O–H groups in total. The topological polar surface area (TPSA) is 41.1 Å². The van der Waals surface area contributed by atoms with Gasteiger partial charge in [0, 0.05) is 18.0 Å². The van der Waals surface area contributed by atoms with Crippen molar-refractivity contribution in [2.24, 2.45) is 0 Å². The minimum absolute atomic E-state index is 0.0150. The van der Waals surface area contributed by atoms with Crippen LogP contribution in [0.4, 0.5) is 0 Å². The molecule has 120 valence electrons. The zero-order chi connectivity index (χ0) is 16.4. The van der Waals surface area contributed by atoms with Gasteiger partial charge >= 0.3 is 0 Å². The third kappa shape index (κ3) is 7.20. The third-order valence-corrected chi connectivity index (χ3v) is 4.45. The number of hydrogen-bond donors (Lipinski definition) is 2. The van der Waals surface area contributed by atoms with Gasteiger partial charge in [-0.05, 0) is 40.5 Å². The minimum Gasteiger partial charge on any atom is -0.351 e. The van der Waals surface area contributed by atoms with Gasteiger partial charge in [0.15, 0.2) is 0 Å². The van der Waals surface area contributed by atoms with Crippen LogP contribution in [0.2, 0.25) is 0 Å². The van der Waals surface area contributed by atoms with Crippen molar-refractivity contribution in [3.8, 4) is 0 Å². The van der Waals surface area contributed by atoms with Crippen LogP contribution in [0.1, 0.15) is 29.9 Å². The molecule has 22 heavy (non-hydrogen) atoms. The highest BCUT2D eigenvalue weighted by molar-refractivity contribution is 9.11. The molecule has 0 fully saturated rings. The van der Waals surface area contributed by atoms with Crippen LogP contribution in [0.5, 0.6) is 0 Å². The van der Waals surface area contributed by atoms with Crippen LogP contribution in [0.3, 0.4) is 0 Å². The highest BCUT2D eigenvalue weighted by Crippen LogP contribution is 2.21. The maximum atomic E-state index is 11.7. The van der Waals surface area contributed by atoms with Gasteiger partial charge in [0.1, 0.15) is 0 Å². The largest absolute Gasteiger partial charge is 0.351 e. The lowest BCUT2D eigenvalue weighted by molar-refractivity contribution is -0.120. The zero-order valence-electron chi connectivity index (χ0n) is 13.3.